The van der Waals surface area contributed by atoms with Gasteiger partial charge in [-0.2, -0.15) is 0 Å². The van der Waals surface area contributed by atoms with Gasteiger partial charge in [0.1, 0.15) is 0 Å². The van der Waals surface area contributed by atoms with Gasteiger partial charge in [-0.25, -0.2) is 0 Å². The molecule has 1 N–H and O–H groups in total. The summed E-state index contributed by atoms with van der Waals surface area (Å²) in [7, 11) is 0. The number of halogens is 1. The second kappa shape index (κ2) is 6.04. The van der Waals surface area contributed by atoms with Crippen molar-refractivity contribution in [2.24, 2.45) is 0 Å². The molecule has 1 saturated heterocycles. The molecular formula is C16H22BrNO2. The standard InChI is InChI=1S/C16H22BrNO2/c1-11(19)13-7-6-12(10-14(13)17)18-8-9-20-16-5-3-2-4-15(16)18/h6-7,10-11,15-16,19H,2-5,8-9H2,1H3. The Morgan fingerprint density at radius 1 is 1.35 bits per heavy atom. The van der Waals surface area contributed by atoms with E-state index in [1.165, 1.54) is 31.4 Å². The zero-order valence-corrected chi connectivity index (χ0v) is 13.5. The van der Waals surface area contributed by atoms with Gasteiger partial charge in [-0.15, -0.1) is 0 Å². The lowest BCUT2D eigenvalue weighted by atomic mass is 9.89. The van der Waals surface area contributed by atoms with Crippen LogP contribution < -0.4 is 4.90 Å². The maximum atomic E-state index is 9.73. The highest BCUT2D eigenvalue weighted by Crippen LogP contribution is 2.34. The van der Waals surface area contributed by atoms with Crippen LogP contribution in [0, 0.1) is 0 Å². The van der Waals surface area contributed by atoms with Crippen molar-refractivity contribution in [3.05, 3.63) is 28.2 Å². The van der Waals surface area contributed by atoms with Crippen LogP contribution in [-0.4, -0.2) is 30.4 Å². The molecule has 1 aromatic rings. The van der Waals surface area contributed by atoms with E-state index in [9.17, 15) is 5.11 Å². The third-order valence-corrected chi connectivity index (χ3v) is 5.18. The zero-order chi connectivity index (χ0) is 14.1. The second-order valence-electron chi connectivity index (χ2n) is 5.84. The molecule has 20 heavy (non-hydrogen) atoms. The van der Waals surface area contributed by atoms with E-state index in [0.29, 0.717) is 12.1 Å². The second-order valence-corrected chi connectivity index (χ2v) is 6.69. The average molecular weight is 340 g/mol. The minimum absolute atomic E-state index is 0.396. The topological polar surface area (TPSA) is 32.7 Å². The van der Waals surface area contributed by atoms with Gasteiger partial charge in [0.2, 0.25) is 0 Å². The minimum Gasteiger partial charge on any atom is -0.389 e. The van der Waals surface area contributed by atoms with Crippen LogP contribution in [0.25, 0.3) is 0 Å². The fourth-order valence-corrected chi connectivity index (χ4v) is 4.15. The molecule has 3 rings (SSSR count). The van der Waals surface area contributed by atoms with Gasteiger partial charge in [-0.1, -0.05) is 34.8 Å². The highest BCUT2D eigenvalue weighted by molar-refractivity contribution is 9.10. The molecule has 0 spiro atoms. The van der Waals surface area contributed by atoms with Gasteiger partial charge in [0, 0.05) is 16.7 Å². The van der Waals surface area contributed by atoms with E-state index in [1.54, 1.807) is 6.92 Å². The molecule has 3 nitrogen and oxygen atoms in total. The molecule has 2 fully saturated rings. The first-order chi connectivity index (χ1) is 9.66. The number of benzene rings is 1. The van der Waals surface area contributed by atoms with E-state index >= 15 is 0 Å². The number of hydrogen-bond donors (Lipinski definition) is 1. The molecule has 1 aromatic carbocycles. The Labute approximate surface area is 129 Å². The molecule has 0 amide bonds. The fourth-order valence-electron chi connectivity index (χ4n) is 3.45. The van der Waals surface area contributed by atoms with E-state index in [2.05, 4.69) is 33.0 Å². The third-order valence-electron chi connectivity index (χ3n) is 4.50. The molecule has 0 aromatic heterocycles. The predicted octanol–water partition coefficient (Wildman–Crippen LogP) is 3.65. The summed E-state index contributed by atoms with van der Waals surface area (Å²) in [6.45, 7) is 3.57. The van der Waals surface area contributed by atoms with Crippen LogP contribution in [-0.2, 0) is 4.74 Å². The SMILES string of the molecule is CC(O)c1ccc(N2CCOC3CCCCC32)cc1Br. The quantitative estimate of drug-likeness (QED) is 0.892. The highest BCUT2D eigenvalue weighted by atomic mass is 79.9. The van der Waals surface area contributed by atoms with Crippen molar-refractivity contribution in [3.63, 3.8) is 0 Å². The normalized spacial score (nSPS) is 28.1. The number of morpholine rings is 1. The number of fused-ring (bicyclic) bond motifs is 1. The maximum Gasteiger partial charge on any atom is 0.0779 e. The summed E-state index contributed by atoms with van der Waals surface area (Å²) in [5.41, 5.74) is 2.18. The van der Waals surface area contributed by atoms with Crippen LogP contribution >= 0.6 is 15.9 Å². The summed E-state index contributed by atoms with van der Waals surface area (Å²) in [5, 5.41) is 9.73. The maximum absolute atomic E-state index is 9.73. The lowest BCUT2D eigenvalue weighted by molar-refractivity contribution is -0.00868. The Kier molecular flexibility index (Phi) is 4.34. The van der Waals surface area contributed by atoms with Gasteiger partial charge in [-0.3, -0.25) is 0 Å². The summed E-state index contributed by atoms with van der Waals surface area (Å²) in [4.78, 5) is 2.49. The van der Waals surface area contributed by atoms with E-state index in [1.807, 2.05) is 6.07 Å². The van der Waals surface area contributed by atoms with Crippen LogP contribution in [0.5, 0.6) is 0 Å². The van der Waals surface area contributed by atoms with Crippen LogP contribution in [0.2, 0.25) is 0 Å². The molecule has 1 aliphatic heterocycles. The summed E-state index contributed by atoms with van der Waals surface area (Å²) in [6, 6.07) is 6.81. The molecule has 2 aliphatic rings. The summed E-state index contributed by atoms with van der Waals surface area (Å²) >= 11 is 3.58. The van der Waals surface area contributed by atoms with Crippen LogP contribution in [0.3, 0.4) is 0 Å². The Bertz CT molecular complexity index is 476. The van der Waals surface area contributed by atoms with Gasteiger partial charge in [0.25, 0.3) is 0 Å². The van der Waals surface area contributed by atoms with Crippen molar-refractivity contribution in [1.82, 2.24) is 0 Å². The number of hydrogen-bond acceptors (Lipinski definition) is 3. The lowest BCUT2D eigenvalue weighted by Gasteiger charge is -2.45. The largest absolute Gasteiger partial charge is 0.389 e. The third kappa shape index (κ3) is 2.74. The molecule has 1 aliphatic carbocycles. The van der Waals surface area contributed by atoms with Crippen molar-refractivity contribution in [3.8, 4) is 0 Å². The van der Waals surface area contributed by atoms with Gasteiger partial charge in [-0.05, 0) is 37.5 Å². The molecule has 3 atom stereocenters. The Morgan fingerprint density at radius 2 is 2.15 bits per heavy atom. The van der Waals surface area contributed by atoms with E-state index in [0.717, 1.165) is 23.2 Å². The average Bonchev–Trinajstić information content (AvgIpc) is 2.46. The Hall–Kier alpha value is -0.580. The molecule has 0 radical (unpaired) electrons. The van der Waals surface area contributed by atoms with Gasteiger partial charge in [0.15, 0.2) is 0 Å². The summed E-state index contributed by atoms with van der Waals surface area (Å²) in [6.07, 6.45) is 4.96. The first-order valence-corrected chi connectivity index (χ1v) is 8.32. The number of aliphatic hydroxyl groups is 1. The summed E-state index contributed by atoms with van der Waals surface area (Å²) < 4.78 is 6.92. The van der Waals surface area contributed by atoms with E-state index in [4.69, 9.17) is 4.74 Å². The van der Waals surface area contributed by atoms with Crippen molar-refractivity contribution < 1.29 is 9.84 Å². The first kappa shape index (κ1) is 14.4. The lowest BCUT2D eigenvalue weighted by Crippen LogP contribution is -2.52. The molecular weight excluding hydrogens is 318 g/mol. The minimum atomic E-state index is -0.439. The predicted molar refractivity (Wildman–Crippen MR) is 84.1 cm³/mol. The van der Waals surface area contributed by atoms with Gasteiger partial charge >= 0.3 is 0 Å². The first-order valence-electron chi connectivity index (χ1n) is 7.52. The fraction of sp³-hybridized carbons (Fsp3) is 0.625. The molecule has 4 heteroatoms. The van der Waals surface area contributed by atoms with Crippen LogP contribution in [0.4, 0.5) is 5.69 Å². The smallest absolute Gasteiger partial charge is 0.0779 e. The van der Waals surface area contributed by atoms with Crippen molar-refractivity contribution in [1.29, 1.82) is 0 Å². The monoisotopic (exact) mass is 339 g/mol. The van der Waals surface area contributed by atoms with Crippen LogP contribution in [0.1, 0.15) is 44.3 Å². The highest BCUT2D eigenvalue weighted by Gasteiger charge is 2.34. The molecule has 3 unspecified atom stereocenters. The Morgan fingerprint density at radius 3 is 2.90 bits per heavy atom. The number of rotatable bonds is 2. The van der Waals surface area contributed by atoms with Crippen molar-refractivity contribution in [2.45, 2.75) is 50.9 Å². The zero-order valence-electron chi connectivity index (χ0n) is 11.9. The van der Waals surface area contributed by atoms with Crippen molar-refractivity contribution in [2.75, 3.05) is 18.1 Å². The molecule has 110 valence electrons. The Balaban J connectivity index is 1.85. The number of aliphatic hydroxyl groups excluding tert-OH is 1. The molecule has 1 heterocycles. The van der Waals surface area contributed by atoms with Gasteiger partial charge < -0.3 is 14.7 Å². The number of anilines is 1. The molecule has 0 bridgehead atoms. The van der Waals surface area contributed by atoms with E-state index in [-0.39, 0.29) is 0 Å². The van der Waals surface area contributed by atoms with Gasteiger partial charge in [0.05, 0.1) is 24.9 Å². The van der Waals surface area contributed by atoms with Crippen molar-refractivity contribution >= 4 is 21.6 Å². The number of nitrogens with zero attached hydrogens (tertiary/aromatic N) is 1. The number of ether oxygens (including phenoxy) is 1. The molecule has 1 saturated carbocycles. The van der Waals surface area contributed by atoms with Crippen LogP contribution in [0.15, 0.2) is 22.7 Å². The van der Waals surface area contributed by atoms with E-state index < -0.39 is 6.10 Å². The summed E-state index contributed by atoms with van der Waals surface area (Å²) in [5.74, 6) is 0.